The molecule has 1 aliphatic carbocycles. The second-order valence-corrected chi connectivity index (χ2v) is 7.56. The van der Waals surface area contributed by atoms with Crippen LogP contribution in [-0.4, -0.2) is 15.0 Å². The van der Waals surface area contributed by atoms with Crippen LogP contribution in [0.1, 0.15) is 44.1 Å². The summed E-state index contributed by atoms with van der Waals surface area (Å²) in [7, 11) is -3.50. The van der Waals surface area contributed by atoms with Crippen molar-refractivity contribution in [2.45, 2.75) is 51.0 Å². The monoisotopic (exact) mass is 300 g/mol. The molecular weight excluding hydrogens is 276 g/mol. The lowest BCUT2D eigenvalue weighted by Gasteiger charge is -2.26. The first-order chi connectivity index (χ1) is 9.42. The average Bonchev–Trinajstić information content (AvgIpc) is 2.79. The normalized spacial score (nSPS) is 23.9. The number of hydrogen-bond acceptors (Lipinski definition) is 4. The van der Waals surface area contributed by atoms with E-state index >= 15 is 0 Å². The Labute approximate surface area is 121 Å². The fourth-order valence-corrected chi connectivity index (χ4v) is 4.26. The number of furan rings is 1. The molecule has 0 aromatic carbocycles. The first-order valence-corrected chi connectivity index (χ1v) is 8.69. The summed E-state index contributed by atoms with van der Waals surface area (Å²) in [6, 6.07) is 1.52. The lowest BCUT2D eigenvalue weighted by molar-refractivity contribution is 0.283. The number of rotatable bonds is 5. The lowest BCUT2D eigenvalue weighted by atomic mass is 9.83. The van der Waals surface area contributed by atoms with E-state index in [4.69, 9.17) is 10.2 Å². The summed E-state index contributed by atoms with van der Waals surface area (Å²) in [5.74, 6) is 2.02. The number of sulfonamides is 1. The molecule has 1 aromatic rings. The molecule has 2 rings (SSSR count). The Balaban J connectivity index is 2.01. The van der Waals surface area contributed by atoms with Gasteiger partial charge < -0.3 is 10.2 Å². The Hall–Kier alpha value is -0.850. The highest BCUT2D eigenvalue weighted by Crippen LogP contribution is 2.28. The molecule has 1 aromatic heterocycles. The molecule has 20 heavy (non-hydrogen) atoms. The Morgan fingerprint density at radius 3 is 2.80 bits per heavy atom. The summed E-state index contributed by atoms with van der Waals surface area (Å²) >= 11 is 0. The Morgan fingerprint density at radius 2 is 2.20 bits per heavy atom. The third-order valence-corrected chi connectivity index (χ3v) is 5.55. The van der Waals surface area contributed by atoms with Crippen molar-refractivity contribution in [3.63, 3.8) is 0 Å². The molecule has 0 spiro atoms. The molecule has 0 bridgehead atoms. The van der Waals surface area contributed by atoms with E-state index in [-0.39, 0.29) is 11.4 Å². The molecular formula is C14H24N2O3S. The van der Waals surface area contributed by atoms with E-state index in [1.807, 2.05) is 0 Å². The Kier molecular flexibility index (Phi) is 4.88. The Morgan fingerprint density at radius 1 is 1.45 bits per heavy atom. The summed E-state index contributed by atoms with van der Waals surface area (Å²) in [6.45, 7) is 4.59. The van der Waals surface area contributed by atoms with Gasteiger partial charge in [0, 0.05) is 12.6 Å². The smallest absolute Gasteiger partial charge is 0.244 e. The van der Waals surface area contributed by atoms with Crippen molar-refractivity contribution in [1.29, 1.82) is 0 Å². The van der Waals surface area contributed by atoms with Crippen molar-refractivity contribution >= 4 is 10.0 Å². The van der Waals surface area contributed by atoms with Crippen LogP contribution in [0, 0.1) is 18.8 Å². The third kappa shape index (κ3) is 3.62. The molecule has 2 atom stereocenters. The highest BCUT2D eigenvalue weighted by Gasteiger charge is 2.24. The molecule has 1 fully saturated rings. The fourth-order valence-electron chi connectivity index (χ4n) is 2.94. The highest BCUT2D eigenvalue weighted by molar-refractivity contribution is 7.89. The van der Waals surface area contributed by atoms with Crippen LogP contribution in [0.15, 0.2) is 15.4 Å². The van der Waals surface area contributed by atoms with Gasteiger partial charge in [0.05, 0.1) is 6.54 Å². The van der Waals surface area contributed by atoms with E-state index in [1.165, 1.54) is 18.9 Å². The molecule has 1 saturated carbocycles. The summed E-state index contributed by atoms with van der Waals surface area (Å²) in [5, 5.41) is 0. The van der Waals surface area contributed by atoms with Crippen molar-refractivity contribution in [2.75, 3.05) is 6.54 Å². The van der Waals surface area contributed by atoms with Crippen LogP contribution in [0.2, 0.25) is 0 Å². The summed E-state index contributed by atoms with van der Waals surface area (Å²) < 4.78 is 32.6. The summed E-state index contributed by atoms with van der Waals surface area (Å²) in [4.78, 5) is 0.210. The average molecular weight is 300 g/mol. The van der Waals surface area contributed by atoms with E-state index < -0.39 is 10.0 Å². The largest absolute Gasteiger partial charge is 0.464 e. The van der Waals surface area contributed by atoms with E-state index in [2.05, 4.69) is 11.6 Å². The van der Waals surface area contributed by atoms with Gasteiger partial charge in [0.1, 0.15) is 16.4 Å². The van der Waals surface area contributed by atoms with Crippen LogP contribution in [0.25, 0.3) is 0 Å². The molecule has 2 unspecified atom stereocenters. The molecule has 0 radical (unpaired) electrons. The van der Waals surface area contributed by atoms with Crippen molar-refractivity contribution in [2.24, 2.45) is 17.6 Å². The van der Waals surface area contributed by atoms with Gasteiger partial charge in [-0.15, -0.1) is 0 Å². The Bertz CT molecular complexity index is 551. The van der Waals surface area contributed by atoms with E-state index in [0.29, 0.717) is 29.9 Å². The first kappa shape index (κ1) is 15.5. The number of hydrogen-bond donors (Lipinski definition) is 2. The van der Waals surface area contributed by atoms with E-state index in [1.54, 1.807) is 6.92 Å². The van der Waals surface area contributed by atoms with Crippen molar-refractivity contribution in [3.05, 3.63) is 17.6 Å². The minimum Gasteiger partial charge on any atom is -0.464 e. The first-order valence-electron chi connectivity index (χ1n) is 7.21. The van der Waals surface area contributed by atoms with E-state index in [9.17, 15) is 8.42 Å². The quantitative estimate of drug-likeness (QED) is 0.872. The number of nitrogens with two attached hydrogens (primary N) is 1. The molecule has 1 aliphatic rings. The van der Waals surface area contributed by atoms with Gasteiger partial charge in [-0.25, -0.2) is 13.1 Å². The zero-order valence-corrected chi connectivity index (χ0v) is 13.0. The standard InChI is InChI=1S/C14H24N2O3S/c1-10-4-3-5-12(6-10)9-16-20(17,18)14-7-13(8-15)19-11(14)2/h7,10,12,16H,3-6,8-9,15H2,1-2H3. The van der Waals surface area contributed by atoms with Crippen LogP contribution < -0.4 is 10.5 Å². The topological polar surface area (TPSA) is 85.3 Å². The second kappa shape index (κ2) is 6.28. The second-order valence-electron chi connectivity index (χ2n) is 5.83. The fraction of sp³-hybridized carbons (Fsp3) is 0.714. The molecule has 3 N–H and O–H groups in total. The zero-order chi connectivity index (χ0) is 14.8. The maximum Gasteiger partial charge on any atom is 0.244 e. The lowest BCUT2D eigenvalue weighted by Crippen LogP contribution is -2.31. The van der Waals surface area contributed by atoms with Gasteiger partial charge in [-0.05, 0) is 31.6 Å². The maximum atomic E-state index is 12.3. The molecule has 1 heterocycles. The van der Waals surface area contributed by atoms with Gasteiger partial charge in [-0.3, -0.25) is 0 Å². The van der Waals surface area contributed by atoms with Gasteiger partial charge in [-0.2, -0.15) is 0 Å². The molecule has 114 valence electrons. The van der Waals surface area contributed by atoms with Crippen LogP contribution in [0.3, 0.4) is 0 Å². The van der Waals surface area contributed by atoms with E-state index in [0.717, 1.165) is 12.8 Å². The highest BCUT2D eigenvalue weighted by atomic mass is 32.2. The minimum absolute atomic E-state index is 0.205. The zero-order valence-electron chi connectivity index (χ0n) is 12.2. The number of aryl methyl sites for hydroxylation is 1. The van der Waals surface area contributed by atoms with Crippen molar-refractivity contribution in [3.8, 4) is 0 Å². The van der Waals surface area contributed by atoms with Gasteiger partial charge in [-0.1, -0.05) is 19.8 Å². The van der Waals surface area contributed by atoms with Crippen LogP contribution in [0.4, 0.5) is 0 Å². The summed E-state index contributed by atoms with van der Waals surface area (Å²) in [6.07, 6.45) is 4.64. The molecule has 6 heteroatoms. The van der Waals surface area contributed by atoms with Crippen molar-refractivity contribution < 1.29 is 12.8 Å². The van der Waals surface area contributed by atoms with Crippen molar-refractivity contribution in [1.82, 2.24) is 4.72 Å². The minimum atomic E-state index is -3.50. The SMILES string of the molecule is Cc1oc(CN)cc1S(=O)(=O)NCC1CCCC(C)C1. The molecule has 0 saturated heterocycles. The molecule has 0 aliphatic heterocycles. The summed E-state index contributed by atoms with van der Waals surface area (Å²) in [5.41, 5.74) is 5.47. The van der Waals surface area contributed by atoms with Crippen LogP contribution in [-0.2, 0) is 16.6 Å². The predicted octanol–water partition coefficient (Wildman–Crippen LogP) is 2.15. The maximum absolute atomic E-state index is 12.3. The van der Waals surface area contributed by atoms with Gasteiger partial charge in [0.15, 0.2) is 0 Å². The number of nitrogens with one attached hydrogen (secondary N) is 1. The molecule has 0 amide bonds. The van der Waals surface area contributed by atoms with Gasteiger partial charge >= 0.3 is 0 Å². The van der Waals surface area contributed by atoms with Crippen LogP contribution in [0.5, 0.6) is 0 Å². The van der Waals surface area contributed by atoms with Gasteiger partial charge in [0.25, 0.3) is 0 Å². The van der Waals surface area contributed by atoms with Gasteiger partial charge in [0.2, 0.25) is 10.0 Å². The molecule has 5 nitrogen and oxygen atoms in total. The predicted molar refractivity (Wildman–Crippen MR) is 77.6 cm³/mol. The van der Waals surface area contributed by atoms with Crippen LogP contribution >= 0.6 is 0 Å². The third-order valence-electron chi connectivity index (χ3n) is 4.02.